The number of esters is 8. The summed E-state index contributed by atoms with van der Waals surface area (Å²) in [5, 5.41) is 8.24. The van der Waals surface area contributed by atoms with Crippen molar-refractivity contribution in [2.24, 2.45) is 0 Å². The van der Waals surface area contributed by atoms with E-state index in [0.29, 0.717) is 0 Å². The summed E-state index contributed by atoms with van der Waals surface area (Å²) in [7, 11) is 0. The molecule has 3 saturated heterocycles. The molecule has 0 aromatic carbocycles. The average Bonchev–Trinajstić information content (AvgIpc) is 3.10. The number of rotatable bonds is 14. The quantitative estimate of drug-likeness (QED) is 0.0847. The predicted molar refractivity (Wildman–Crippen MR) is 202 cm³/mol. The largest absolute Gasteiger partial charge is 0.463 e. The minimum Gasteiger partial charge on any atom is -0.463 e. The van der Waals surface area contributed by atoms with Crippen LogP contribution in [0.2, 0.25) is 0 Å². The molecule has 3 fully saturated rings. The second-order valence-electron chi connectivity index (χ2n) is 13.9. The lowest BCUT2D eigenvalue weighted by Crippen LogP contribution is -2.68. The van der Waals surface area contributed by atoms with E-state index in [0.717, 1.165) is 55.4 Å². The monoisotopic (exact) mass is 951 g/mol. The van der Waals surface area contributed by atoms with Crippen molar-refractivity contribution in [2.75, 3.05) is 6.61 Å². The van der Waals surface area contributed by atoms with Gasteiger partial charge in [0.1, 0.15) is 18.8 Å². The molecule has 0 spiro atoms. The topological polar surface area (TPSA) is 290 Å². The fourth-order valence-electron chi connectivity index (χ4n) is 6.59. The number of carbonyl (C=O) groups excluding carboxylic acids is 8. The number of halogens is 3. The minimum absolute atomic E-state index is 0.688. The van der Waals surface area contributed by atoms with E-state index in [9.17, 15) is 38.4 Å². The Balaban J connectivity index is 2.32. The molecule has 26 heteroatoms. The molecule has 3 heterocycles. The number of alkyl halides is 3. The molecule has 350 valence electrons. The van der Waals surface area contributed by atoms with Crippen LogP contribution in [0.3, 0.4) is 0 Å². The molecule has 0 aliphatic carbocycles. The first-order chi connectivity index (χ1) is 28.7. The summed E-state index contributed by atoms with van der Waals surface area (Å²) in [4.78, 5) is 99.6. The molecule has 3 aliphatic heterocycles. The fourth-order valence-corrected chi connectivity index (χ4v) is 6.73. The van der Waals surface area contributed by atoms with E-state index in [2.05, 4.69) is 0 Å². The van der Waals surface area contributed by atoms with E-state index in [1.807, 2.05) is 0 Å². The van der Waals surface area contributed by atoms with Gasteiger partial charge < -0.3 is 66.3 Å². The Morgan fingerprint density at radius 1 is 0.435 bits per heavy atom. The Kier molecular flexibility index (Phi) is 19.0. The molecule has 0 aromatic rings. The molecule has 3 rings (SSSR count). The Morgan fingerprint density at radius 3 is 1.18 bits per heavy atom. The van der Waals surface area contributed by atoms with Gasteiger partial charge in [-0.3, -0.25) is 43.8 Å². The van der Waals surface area contributed by atoms with E-state index in [-0.39, 0.29) is 0 Å². The lowest BCUT2D eigenvalue weighted by Gasteiger charge is -2.50. The number of carbonyl (C=O) groups is 8. The predicted octanol–water partition coefficient (Wildman–Crippen LogP) is 1.42. The third-order valence-electron chi connectivity index (χ3n) is 8.68. The van der Waals surface area contributed by atoms with Crippen LogP contribution in [0.1, 0.15) is 69.2 Å². The Bertz CT molecular complexity index is 1690. The standard InChI is InChI=1S/C36H48Cl3NO22/c1-12-23(52-15(4)42)26(55-18(7)45)29(57-20(9)47)32(50-12)61-31-27(56-19(8)46)24(53-16(5)43)13(2)51-33(31)60-28-25(54-17(6)44)22(11-49-14(3)41)59-34(30(28)58-21(10)48)62-35(40)36(37,38)39/h12-13,22-34,40H,11H2,1-10H3/t12-,13-,22+,23-,24+,25+,26+,27+,28-,29+,30-,31-,32-,33-,34+/m0/s1. The summed E-state index contributed by atoms with van der Waals surface area (Å²) >= 11 is 17.7. The van der Waals surface area contributed by atoms with Crippen molar-refractivity contribution in [1.29, 1.82) is 5.41 Å². The summed E-state index contributed by atoms with van der Waals surface area (Å²) in [6.45, 7) is 10.2. The van der Waals surface area contributed by atoms with E-state index in [1.54, 1.807) is 0 Å². The molecule has 1 N–H and O–H groups in total. The van der Waals surface area contributed by atoms with Crippen molar-refractivity contribution < 1.29 is 105 Å². The SMILES string of the molecule is CC(=O)OC[C@H]1O[C@H](OC(=N)C(Cl)(Cl)Cl)[C@@H](OC(C)=O)[C@@H](O[C@@H]2O[C@@H](C)[C@@H](OC(C)=O)[C@@H](OC(C)=O)[C@@H]2O[C@@H]2O[C@@H](C)[C@H](OC(C)=O)[C@@H](OC(C)=O)[C@H]2OC(C)=O)[C@@H]1OC(C)=O. The molecule has 0 unspecified atom stereocenters. The molecule has 0 amide bonds. The first kappa shape index (κ1) is 52.2. The average molecular weight is 953 g/mol. The van der Waals surface area contributed by atoms with Crippen molar-refractivity contribution in [1.82, 2.24) is 0 Å². The van der Waals surface area contributed by atoms with Gasteiger partial charge in [-0.05, 0) is 13.8 Å². The van der Waals surface area contributed by atoms with Crippen LogP contribution in [0.5, 0.6) is 0 Å². The summed E-state index contributed by atoms with van der Waals surface area (Å²) in [5.74, 6) is -8.41. The van der Waals surface area contributed by atoms with E-state index >= 15 is 0 Å². The highest BCUT2D eigenvalue weighted by Gasteiger charge is 2.59. The molecular formula is C36H48Cl3NO22. The molecule has 15 atom stereocenters. The Hall–Kier alpha value is -4.10. The van der Waals surface area contributed by atoms with Crippen LogP contribution in [0.4, 0.5) is 0 Å². The highest BCUT2D eigenvalue weighted by Crippen LogP contribution is 2.39. The minimum atomic E-state index is -2.52. The maximum atomic E-state index is 12.8. The van der Waals surface area contributed by atoms with Crippen LogP contribution in [0.15, 0.2) is 0 Å². The lowest BCUT2D eigenvalue weighted by atomic mass is 9.95. The van der Waals surface area contributed by atoms with Gasteiger partial charge in [-0.25, -0.2) is 0 Å². The maximum Gasteiger partial charge on any atom is 0.303 e. The van der Waals surface area contributed by atoms with Gasteiger partial charge >= 0.3 is 47.8 Å². The van der Waals surface area contributed by atoms with Crippen molar-refractivity contribution in [3.63, 3.8) is 0 Å². The van der Waals surface area contributed by atoms with Crippen LogP contribution < -0.4 is 0 Å². The van der Waals surface area contributed by atoms with Gasteiger partial charge in [-0.1, -0.05) is 34.8 Å². The van der Waals surface area contributed by atoms with Gasteiger partial charge in [0.05, 0.1) is 12.2 Å². The zero-order chi connectivity index (χ0) is 47.0. The summed E-state index contributed by atoms with van der Waals surface area (Å²) in [5.41, 5.74) is 0. The number of hydrogen-bond acceptors (Lipinski definition) is 23. The lowest BCUT2D eigenvalue weighted by molar-refractivity contribution is -0.383. The highest BCUT2D eigenvalue weighted by molar-refractivity contribution is 6.76. The van der Waals surface area contributed by atoms with Crippen molar-refractivity contribution >= 4 is 88.5 Å². The van der Waals surface area contributed by atoms with Crippen LogP contribution in [-0.4, -0.2) is 156 Å². The summed E-state index contributed by atoms with van der Waals surface area (Å²) in [6.07, 6.45) is -25.1. The van der Waals surface area contributed by atoms with Crippen LogP contribution in [-0.2, 0) is 105 Å². The van der Waals surface area contributed by atoms with E-state index in [4.69, 9.17) is 107 Å². The zero-order valence-corrected chi connectivity index (χ0v) is 37.3. The van der Waals surface area contributed by atoms with Crippen molar-refractivity contribution in [2.45, 2.75) is 165 Å². The summed E-state index contributed by atoms with van der Waals surface area (Å²) < 4.78 is 77.9. The molecule has 62 heavy (non-hydrogen) atoms. The number of hydrogen-bond donors (Lipinski definition) is 1. The third kappa shape index (κ3) is 14.7. The highest BCUT2D eigenvalue weighted by atomic mass is 35.6. The van der Waals surface area contributed by atoms with E-state index < -0.39 is 156 Å². The zero-order valence-electron chi connectivity index (χ0n) is 35.0. The number of ether oxygens (including phenoxy) is 14. The van der Waals surface area contributed by atoms with E-state index in [1.165, 1.54) is 13.8 Å². The molecule has 0 saturated carbocycles. The fraction of sp³-hybridized carbons (Fsp3) is 0.750. The van der Waals surface area contributed by atoms with Crippen molar-refractivity contribution in [3.8, 4) is 0 Å². The van der Waals surface area contributed by atoms with Crippen molar-refractivity contribution in [3.05, 3.63) is 0 Å². The molecule has 0 aromatic heterocycles. The first-order valence-corrected chi connectivity index (χ1v) is 19.8. The number of nitrogens with one attached hydrogen (secondary N) is 1. The van der Waals surface area contributed by atoms with Gasteiger partial charge in [-0.2, -0.15) is 0 Å². The van der Waals surface area contributed by atoms with Gasteiger partial charge in [0.25, 0.3) is 3.79 Å². The van der Waals surface area contributed by atoms with Gasteiger partial charge in [0.2, 0.25) is 12.2 Å². The smallest absolute Gasteiger partial charge is 0.303 e. The molecule has 0 radical (unpaired) electrons. The molecular weight excluding hydrogens is 905 g/mol. The molecule has 3 aliphatic rings. The maximum absolute atomic E-state index is 12.8. The first-order valence-electron chi connectivity index (χ1n) is 18.6. The third-order valence-corrected chi connectivity index (χ3v) is 9.20. The second kappa shape index (κ2) is 22.5. The van der Waals surface area contributed by atoms with Crippen LogP contribution in [0, 0.1) is 5.41 Å². The van der Waals surface area contributed by atoms with Gasteiger partial charge in [0.15, 0.2) is 61.4 Å². The van der Waals surface area contributed by atoms with Crippen LogP contribution >= 0.6 is 34.8 Å². The van der Waals surface area contributed by atoms with Gasteiger partial charge in [0, 0.05) is 55.4 Å². The second-order valence-corrected chi connectivity index (χ2v) is 16.2. The van der Waals surface area contributed by atoms with Crippen LogP contribution in [0.25, 0.3) is 0 Å². The molecule has 23 nitrogen and oxygen atoms in total. The Labute approximate surface area is 369 Å². The van der Waals surface area contributed by atoms with Gasteiger partial charge in [-0.15, -0.1) is 0 Å². The Morgan fingerprint density at radius 2 is 0.774 bits per heavy atom. The molecule has 0 bridgehead atoms. The summed E-state index contributed by atoms with van der Waals surface area (Å²) in [6, 6.07) is 0. The normalized spacial score (nSPS) is 33.3.